The van der Waals surface area contributed by atoms with Gasteiger partial charge in [-0.15, -0.1) is 0 Å². The highest BCUT2D eigenvalue weighted by atomic mass is 31.2. The van der Waals surface area contributed by atoms with E-state index in [-0.39, 0.29) is 0 Å². The number of phosphoric acid groups is 1. The van der Waals surface area contributed by atoms with Crippen LogP contribution in [0.1, 0.15) is 115 Å². The Morgan fingerprint density at radius 3 is 1.17 bits per heavy atom. The van der Waals surface area contributed by atoms with Crippen molar-refractivity contribution in [3.8, 4) is 17.2 Å². The van der Waals surface area contributed by atoms with Crippen molar-refractivity contribution in [3.63, 3.8) is 0 Å². The lowest BCUT2D eigenvalue weighted by Crippen LogP contribution is -2.07. The molecular weight excluding hydrogens is 527 g/mol. The van der Waals surface area contributed by atoms with E-state index in [1.54, 1.807) is 12.1 Å². The van der Waals surface area contributed by atoms with Gasteiger partial charge in [-0.05, 0) is 73.2 Å². The second-order valence-electron chi connectivity index (χ2n) is 11.1. The van der Waals surface area contributed by atoms with E-state index in [9.17, 15) is 4.57 Å². The first-order valence-corrected chi connectivity index (χ1v) is 17.5. The third-order valence-corrected chi connectivity index (χ3v) is 8.68. The first-order chi connectivity index (χ1) is 20.1. The highest BCUT2D eigenvalue weighted by Gasteiger charge is 2.33. The van der Waals surface area contributed by atoms with Gasteiger partial charge in [-0.25, -0.2) is 0 Å². The zero-order chi connectivity index (χ0) is 29.0. The maximum atomic E-state index is 13.9. The summed E-state index contributed by atoms with van der Waals surface area (Å²) in [7, 11) is -3.99. The van der Waals surface area contributed by atoms with Gasteiger partial charge in [-0.2, -0.15) is 4.57 Å². The fourth-order valence-electron chi connectivity index (χ4n) is 4.93. The van der Waals surface area contributed by atoms with Gasteiger partial charge < -0.3 is 13.6 Å². The van der Waals surface area contributed by atoms with Gasteiger partial charge in [-0.1, -0.05) is 133 Å². The fourth-order valence-corrected chi connectivity index (χ4v) is 6.18. The molecule has 0 spiro atoms. The summed E-state index contributed by atoms with van der Waals surface area (Å²) in [6.45, 7) is 4.50. The van der Waals surface area contributed by atoms with E-state index in [1.807, 2.05) is 66.7 Å². The summed E-state index contributed by atoms with van der Waals surface area (Å²) in [5, 5.41) is 0. The van der Waals surface area contributed by atoms with Crippen LogP contribution in [0.4, 0.5) is 0 Å². The zero-order valence-corrected chi connectivity index (χ0v) is 26.3. The van der Waals surface area contributed by atoms with Crippen LogP contribution in [0.3, 0.4) is 0 Å². The minimum atomic E-state index is -3.99. The number of rotatable bonds is 22. The van der Waals surface area contributed by atoms with Crippen molar-refractivity contribution in [1.29, 1.82) is 0 Å². The molecule has 224 valence electrons. The average Bonchev–Trinajstić information content (AvgIpc) is 2.98. The van der Waals surface area contributed by atoms with Crippen LogP contribution in [0.25, 0.3) is 0 Å². The van der Waals surface area contributed by atoms with Crippen LogP contribution in [0.15, 0.2) is 78.9 Å². The topological polar surface area (TPSA) is 44.8 Å². The fraction of sp³-hybridized carbons (Fsp3) is 0.500. The summed E-state index contributed by atoms with van der Waals surface area (Å²) in [4.78, 5) is 0. The van der Waals surface area contributed by atoms with E-state index in [0.717, 1.165) is 12.8 Å². The summed E-state index contributed by atoms with van der Waals surface area (Å²) < 4.78 is 31.5. The molecule has 0 aliphatic heterocycles. The first-order valence-electron chi connectivity index (χ1n) is 16.0. The molecule has 0 saturated carbocycles. The van der Waals surface area contributed by atoms with E-state index < -0.39 is 7.82 Å². The molecule has 41 heavy (non-hydrogen) atoms. The molecule has 0 atom stereocenters. The van der Waals surface area contributed by atoms with Gasteiger partial charge in [0.15, 0.2) is 0 Å². The molecule has 0 heterocycles. The molecule has 0 saturated heterocycles. The molecule has 0 aromatic heterocycles. The third-order valence-electron chi connectivity index (χ3n) is 7.38. The predicted octanol–water partition coefficient (Wildman–Crippen LogP) is 11.9. The van der Waals surface area contributed by atoms with Gasteiger partial charge in [0.05, 0.1) is 0 Å². The highest BCUT2D eigenvalue weighted by molar-refractivity contribution is 7.49. The quantitative estimate of drug-likeness (QED) is 0.0878. The van der Waals surface area contributed by atoms with Crippen LogP contribution in [0.5, 0.6) is 17.2 Å². The molecule has 3 aromatic rings. The van der Waals surface area contributed by atoms with Crippen LogP contribution in [-0.2, 0) is 17.4 Å². The van der Waals surface area contributed by atoms with Crippen LogP contribution in [0, 0.1) is 0 Å². The highest BCUT2D eigenvalue weighted by Crippen LogP contribution is 2.49. The predicted molar refractivity (Wildman–Crippen MR) is 172 cm³/mol. The van der Waals surface area contributed by atoms with Crippen molar-refractivity contribution in [2.75, 3.05) is 0 Å². The van der Waals surface area contributed by atoms with Gasteiger partial charge in [0.2, 0.25) is 0 Å². The summed E-state index contributed by atoms with van der Waals surface area (Å²) >= 11 is 0. The van der Waals surface area contributed by atoms with Gasteiger partial charge in [0.1, 0.15) is 17.2 Å². The molecular formula is C36H51O4P. The number of hydrogen-bond donors (Lipinski definition) is 0. The molecule has 0 fully saturated rings. The second-order valence-corrected chi connectivity index (χ2v) is 12.5. The SMILES string of the molecule is CCCCCCCCCc1ccc(OP(=O)(Oc2ccccc2)Oc2ccc(CCCCCCCCC)cc2)cc1. The van der Waals surface area contributed by atoms with Crippen molar-refractivity contribution in [2.24, 2.45) is 0 Å². The van der Waals surface area contributed by atoms with Gasteiger partial charge in [0, 0.05) is 0 Å². The molecule has 4 nitrogen and oxygen atoms in total. The van der Waals surface area contributed by atoms with Gasteiger partial charge >= 0.3 is 7.82 Å². The summed E-state index contributed by atoms with van der Waals surface area (Å²) in [6, 6.07) is 24.6. The lowest BCUT2D eigenvalue weighted by atomic mass is 10.0. The minimum Gasteiger partial charge on any atom is -0.386 e. The smallest absolute Gasteiger partial charge is 0.386 e. The van der Waals surface area contributed by atoms with E-state index in [1.165, 1.54) is 101 Å². The van der Waals surface area contributed by atoms with Gasteiger partial charge in [0.25, 0.3) is 0 Å². The Bertz CT molecular complexity index is 1050. The zero-order valence-electron chi connectivity index (χ0n) is 25.4. The average molecular weight is 579 g/mol. The van der Waals surface area contributed by atoms with Crippen LogP contribution in [0.2, 0.25) is 0 Å². The molecule has 0 aliphatic rings. The van der Waals surface area contributed by atoms with E-state index >= 15 is 0 Å². The van der Waals surface area contributed by atoms with E-state index in [2.05, 4.69) is 13.8 Å². The first kappa shape index (κ1) is 32.8. The molecule has 0 amide bonds. The summed E-state index contributed by atoms with van der Waals surface area (Å²) in [5.41, 5.74) is 2.50. The number of unbranched alkanes of at least 4 members (excludes halogenated alkanes) is 12. The van der Waals surface area contributed by atoms with Gasteiger partial charge in [-0.3, -0.25) is 0 Å². The van der Waals surface area contributed by atoms with Crippen LogP contribution in [-0.4, -0.2) is 0 Å². The Morgan fingerprint density at radius 1 is 0.439 bits per heavy atom. The Hall–Kier alpha value is -2.71. The van der Waals surface area contributed by atoms with Crippen molar-refractivity contribution >= 4 is 7.82 Å². The Balaban J connectivity index is 1.54. The Kier molecular flexibility index (Phi) is 15.5. The normalized spacial score (nSPS) is 11.4. The molecule has 0 radical (unpaired) electrons. The monoisotopic (exact) mass is 578 g/mol. The summed E-state index contributed by atoms with van der Waals surface area (Å²) in [5.74, 6) is 1.35. The van der Waals surface area contributed by atoms with Crippen molar-refractivity contribution in [3.05, 3.63) is 90.0 Å². The second kappa shape index (κ2) is 19.4. The van der Waals surface area contributed by atoms with Crippen molar-refractivity contribution in [2.45, 2.75) is 117 Å². The third kappa shape index (κ3) is 13.7. The molecule has 0 bridgehead atoms. The number of hydrogen-bond acceptors (Lipinski definition) is 4. The van der Waals surface area contributed by atoms with Crippen LogP contribution >= 0.6 is 7.82 Å². The molecule has 3 rings (SSSR count). The molecule has 5 heteroatoms. The van der Waals surface area contributed by atoms with E-state index in [0.29, 0.717) is 17.2 Å². The molecule has 0 aliphatic carbocycles. The molecule has 3 aromatic carbocycles. The summed E-state index contributed by atoms with van der Waals surface area (Å²) in [6.07, 6.45) is 20.2. The molecule has 0 unspecified atom stereocenters. The number of aryl methyl sites for hydroxylation is 2. The molecule has 0 N–H and O–H groups in total. The Labute approximate surface area is 249 Å². The maximum Gasteiger partial charge on any atom is 0.647 e. The van der Waals surface area contributed by atoms with Crippen LogP contribution < -0.4 is 13.6 Å². The number of benzene rings is 3. The lowest BCUT2D eigenvalue weighted by molar-refractivity contribution is 0.298. The van der Waals surface area contributed by atoms with E-state index in [4.69, 9.17) is 13.6 Å². The number of phosphoric ester groups is 1. The maximum absolute atomic E-state index is 13.9. The number of para-hydroxylation sites is 1. The minimum absolute atomic E-state index is 0.432. The van der Waals surface area contributed by atoms with Crippen molar-refractivity contribution in [1.82, 2.24) is 0 Å². The lowest BCUT2D eigenvalue weighted by Gasteiger charge is -2.19. The van der Waals surface area contributed by atoms with Crippen molar-refractivity contribution < 1.29 is 18.1 Å². The standard InChI is InChI=1S/C36H51O4P/c1-3-5-7-9-11-13-16-20-32-24-28-35(29-25-32)39-41(37,38-34-22-18-15-19-23-34)40-36-30-26-33(27-31-36)21-17-14-12-10-8-6-4-2/h15,18-19,22-31H,3-14,16-17,20-21H2,1-2H3. The largest absolute Gasteiger partial charge is 0.647 e. The Morgan fingerprint density at radius 2 is 0.780 bits per heavy atom.